The second-order valence-electron chi connectivity index (χ2n) is 1.89. The van der Waals surface area contributed by atoms with Crippen LogP contribution in [0.2, 0.25) is 0 Å². The molecule has 0 aliphatic carbocycles. The Kier molecular flexibility index (Phi) is 2.13. The first kappa shape index (κ1) is 6.14. The van der Waals surface area contributed by atoms with Gasteiger partial charge in [0.05, 0.1) is 0 Å². The summed E-state index contributed by atoms with van der Waals surface area (Å²) in [6, 6.07) is 2.06. The number of allylic oxidation sites excluding steroid dienone is 2. The molecule has 0 bridgehead atoms. The fraction of sp³-hybridized carbons (Fsp3) is 0.125. The van der Waals surface area contributed by atoms with Crippen molar-refractivity contribution in [2.75, 3.05) is 0 Å². The molecule has 1 nitrogen and oxygen atoms in total. The highest BCUT2D eigenvalue weighted by Gasteiger charge is 1.84. The highest BCUT2D eigenvalue weighted by molar-refractivity contribution is 5.12. The molecule has 9 heavy (non-hydrogen) atoms. The molecule has 47 valence electrons. The zero-order chi connectivity index (χ0) is 6.53. The van der Waals surface area contributed by atoms with Gasteiger partial charge in [0.2, 0.25) is 0 Å². The Morgan fingerprint density at radius 1 is 1.67 bits per heavy atom. The van der Waals surface area contributed by atoms with Crippen LogP contribution in [0.5, 0.6) is 0 Å². The minimum Gasteiger partial charge on any atom is -0.367 e. The lowest BCUT2D eigenvalue weighted by Crippen LogP contribution is -1.71. The molecular weight excluding hydrogens is 110 g/mol. The molecule has 0 saturated carbocycles. The molecule has 0 aliphatic rings. The number of aromatic nitrogens is 1. The summed E-state index contributed by atoms with van der Waals surface area (Å²) in [6.07, 6.45) is 8.73. The van der Waals surface area contributed by atoms with Crippen molar-refractivity contribution in [1.29, 1.82) is 0 Å². The van der Waals surface area contributed by atoms with Crippen LogP contribution in [0.15, 0.2) is 30.6 Å². The second kappa shape index (κ2) is 3.13. The van der Waals surface area contributed by atoms with Crippen molar-refractivity contribution >= 4 is 0 Å². The van der Waals surface area contributed by atoms with Gasteiger partial charge in [-0.1, -0.05) is 12.2 Å². The van der Waals surface area contributed by atoms with E-state index in [1.165, 1.54) is 5.56 Å². The van der Waals surface area contributed by atoms with E-state index in [1.807, 2.05) is 24.5 Å². The minimum atomic E-state index is 0.979. The van der Waals surface area contributed by atoms with Gasteiger partial charge in [-0.25, -0.2) is 0 Å². The number of hydrogen-bond donors (Lipinski definition) is 1. The average Bonchev–Trinajstić information content (AvgIpc) is 2.34. The van der Waals surface area contributed by atoms with Crippen LogP contribution in [0.4, 0.5) is 0 Å². The number of H-pyrrole nitrogens is 1. The summed E-state index contributed by atoms with van der Waals surface area (Å²) in [5.74, 6) is 0. The van der Waals surface area contributed by atoms with Crippen molar-refractivity contribution in [3.8, 4) is 0 Å². The third kappa shape index (κ3) is 1.76. The van der Waals surface area contributed by atoms with Gasteiger partial charge in [0, 0.05) is 12.4 Å². The molecule has 0 amide bonds. The van der Waals surface area contributed by atoms with E-state index < -0.39 is 0 Å². The van der Waals surface area contributed by atoms with Gasteiger partial charge in [0.15, 0.2) is 0 Å². The van der Waals surface area contributed by atoms with Gasteiger partial charge in [-0.15, -0.1) is 0 Å². The van der Waals surface area contributed by atoms with Gasteiger partial charge in [-0.2, -0.15) is 0 Å². The zero-order valence-corrected chi connectivity index (χ0v) is 5.30. The molecule has 1 aromatic rings. The summed E-state index contributed by atoms with van der Waals surface area (Å²) in [5, 5.41) is 0. The molecular formula is C8H10N. The summed E-state index contributed by atoms with van der Waals surface area (Å²) >= 11 is 0. The fourth-order valence-corrected chi connectivity index (χ4v) is 0.705. The predicted octanol–water partition coefficient (Wildman–Crippen LogP) is 1.95. The van der Waals surface area contributed by atoms with Crippen LogP contribution >= 0.6 is 0 Å². The van der Waals surface area contributed by atoms with Gasteiger partial charge in [-0.05, 0) is 25.0 Å². The summed E-state index contributed by atoms with van der Waals surface area (Å²) in [7, 11) is 0. The predicted molar refractivity (Wildman–Crippen MR) is 39.0 cm³/mol. The molecule has 0 aliphatic heterocycles. The van der Waals surface area contributed by atoms with Crippen LogP contribution in [0.25, 0.3) is 0 Å². The number of hydrogen-bond acceptors (Lipinski definition) is 0. The number of rotatable bonds is 2. The Morgan fingerprint density at radius 2 is 2.56 bits per heavy atom. The maximum Gasteiger partial charge on any atom is 0.00405 e. The van der Waals surface area contributed by atoms with Gasteiger partial charge >= 0.3 is 0 Å². The summed E-state index contributed by atoms with van der Waals surface area (Å²) in [5.41, 5.74) is 1.30. The molecule has 1 rings (SSSR count). The first-order valence-corrected chi connectivity index (χ1v) is 2.99. The quantitative estimate of drug-likeness (QED) is 0.614. The van der Waals surface area contributed by atoms with E-state index >= 15 is 0 Å². The first-order chi connectivity index (χ1) is 4.43. The second-order valence-corrected chi connectivity index (χ2v) is 1.89. The Hall–Kier alpha value is -0.980. The van der Waals surface area contributed by atoms with Gasteiger partial charge < -0.3 is 4.98 Å². The smallest absolute Gasteiger partial charge is 0.00405 e. The van der Waals surface area contributed by atoms with E-state index in [9.17, 15) is 0 Å². The van der Waals surface area contributed by atoms with Crippen LogP contribution in [-0.2, 0) is 6.42 Å². The van der Waals surface area contributed by atoms with Crippen molar-refractivity contribution in [2.45, 2.75) is 6.42 Å². The minimum absolute atomic E-state index is 0.979. The lowest BCUT2D eigenvalue weighted by atomic mass is 10.2. The molecule has 1 aromatic heterocycles. The Morgan fingerprint density at radius 3 is 3.11 bits per heavy atom. The third-order valence-corrected chi connectivity index (χ3v) is 1.18. The van der Waals surface area contributed by atoms with Gasteiger partial charge in [-0.3, -0.25) is 0 Å². The van der Waals surface area contributed by atoms with E-state index in [0.717, 1.165) is 6.42 Å². The molecule has 0 saturated heterocycles. The lowest BCUT2D eigenvalue weighted by Gasteiger charge is -1.83. The maximum absolute atomic E-state index is 3.59. The molecule has 0 spiro atoms. The molecule has 1 radical (unpaired) electrons. The van der Waals surface area contributed by atoms with E-state index in [2.05, 4.69) is 18.0 Å². The topological polar surface area (TPSA) is 15.8 Å². The summed E-state index contributed by atoms with van der Waals surface area (Å²) in [4.78, 5) is 2.98. The largest absolute Gasteiger partial charge is 0.367 e. The Bertz CT molecular complexity index is 172. The van der Waals surface area contributed by atoms with Crippen LogP contribution in [0.1, 0.15) is 5.56 Å². The number of nitrogens with one attached hydrogen (secondary N) is 1. The van der Waals surface area contributed by atoms with E-state index in [-0.39, 0.29) is 0 Å². The molecule has 1 heteroatoms. The van der Waals surface area contributed by atoms with Gasteiger partial charge in [0.25, 0.3) is 0 Å². The van der Waals surface area contributed by atoms with Crippen LogP contribution in [0.3, 0.4) is 0 Å². The van der Waals surface area contributed by atoms with Crippen LogP contribution in [0, 0.1) is 6.92 Å². The van der Waals surface area contributed by atoms with E-state index in [4.69, 9.17) is 0 Å². The van der Waals surface area contributed by atoms with Crippen LogP contribution < -0.4 is 0 Å². The van der Waals surface area contributed by atoms with Crippen molar-refractivity contribution in [3.63, 3.8) is 0 Å². The SMILES string of the molecule is [CH2]C=CCc1cc[nH]c1. The summed E-state index contributed by atoms with van der Waals surface area (Å²) in [6.45, 7) is 3.59. The maximum atomic E-state index is 3.59. The summed E-state index contributed by atoms with van der Waals surface area (Å²) < 4.78 is 0. The molecule has 0 unspecified atom stereocenters. The molecule has 0 aromatic carbocycles. The average molecular weight is 120 g/mol. The Balaban J connectivity index is 2.48. The normalized spacial score (nSPS) is 10.8. The molecule has 0 fully saturated rings. The van der Waals surface area contributed by atoms with Crippen molar-refractivity contribution in [3.05, 3.63) is 43.1 Å². The van der Waals surface area contributed by atoms with Crippen molar-refractivity contribution in [2.24, 2.45) is 0 Å². The Labute approximate surface area is 55.4 Å². The monoisotopic (exact) mass is 120 g/mol. The highest BCUT2D eigenvalue weighted by Crippen LogP contribution is 1.97. The molecule has 1 N–H and O–H groups in total. The first-order valence-electron chi connectivity index (χ1n) is 2.99. The standard InChI is InChI=1S/C8H10N/c1-2-3-4-8-5-6-9-7-8/h2-3,5-7,9H,1,4H2. The van der Waals surface area contributed by atoms with E-state index in [0.29, 0.717) is 0 Å². The number of aromatic amines is 1. The van der Waals surface area contributed by atoms with Gasteiger partial charge in [0.1, 0.15) is 0 Å². The lowest BCUT2D eigenvalue weighted by molar-refractivity contribution is 1.27. The van der Waals surface area contributed by atoms with E-state index in [1.54, 1.807) is 0 Å². The molecule has 1 heterocycles. The van der Waals surface area contributed by atoms with Crippen LogP contribution in [-0.4, -0.2) is 4.98 Å². The van der Waals surface area contributed by atoms with Crippen molar-refractivity contribution < 1.29 is 0 Å². The fourth-order valence-electron chi connectivity index (χ4n) is 0.705. The third-order valence-electron chi connectivity index (χ3n) is 1.18. The zero-order valence-electron chi connectivity index (χ0n) is 5.30. The molecule has 0 atom stereocenters. The van der Waals surface area contributed by atoms with Crippen molar-refractivity contribution in [1.82, 2.24) is 4.98 Å². The highest BCUT2D eigenvalue weighted by atomic mass is 14.6.